The van der Waals surface area contributed by atoms with Crippen LogP contribution in [-0.4, -0.2) is 0 Å². The number of para-hydroxylation sites is 1. The fourth-order valence-corrected chi connectivity index (χ4v) is 2.40. The van der Waals surface area contributed by atoms with Crippen molar-refractivity contribution >= 4 is 17.1 Å². The molecule has 1 atom stereocenters. The first-order valence-electron chi connectivity index (χ1n) is 7.37. The molecule has 2 N–H and O–H groups in total. The second-order valence-corrected chi connectivity index (χ2v) is 5.38. The van der Waals surface area contributed by atoms with Crippen molar-refractivity contribution in [2.45, 2.75) is 13.3 Å². The molecule has 0 saturated carbocycles. The summed E-state index contributed by atoms with van der Waals surface area (Å²) < 4.78 is 0. The quantitative estimate of drug-likeness (QED) is 0.789. The van der Waals surface area contributed by atoms with Gasteiger partial charge in [0, 0.05) is 22.8 Å². The van der Waals surface area contributed by atoms with Crippen molar-refractivity contribution in [1.82, 2.24) is 0 Å². The van der Waals surface area contributed by atoms with Crippen LogP contribution in [0.1, 0.15) is 13.3 Å². The highest BCUT2D eigenvalue weighted by molar-refractivity contribution is 5.63. The zero-order valence-corrected chi connectivity index (χ0v) is 12.2. The molecule has 3 rings (SSSR count). The van der Waals surface area contributed by atoms with Gasteiger partial charge in [0.25, 0.3) is 0 Å². The summed E-state index contributed by atoms with van der Waals surface area (Å²) in [5.41, 5.74) is 4.60. The molecule has 1 aliphatic rings. The Bertz CT molecular complexity index is 639. The second kappa shape index (κ2) is 6.31. The first-order chi connectivity index (χ1) is 10.3. The van der Waals surface area contributed by atoms with Gasteiger partial charge in [-0.05, 0) is 54.8 Å². The van der Waals surface area contributed by atoms with Crippen LogP contribution in [0.5, 0.6) is 0 Å². The van der Waals surface area contributed by atoms with Crippen LogP contribution in [-0.2, 0) is 0 Å². The normalized spacial score (nSPS) is 17.2. The van der Waals surface area contributed by atoms with Crippen molar-refractivity contribution in [2.75, 3.05) is 10.6 Å². The summed E-state index contributed by atoms with van der Waals surface area (Å²) in [5.74, 6) is 0.553. The summed E-state index contributed by atoms with van der Waals surface area (Å²) in [6.07, 6.45) is 7.59. The van der Waals surface area contributed by atoms with Gasteiger partial charge in [0.1, 0.15) is 0 Å². The molecule has 1 unspecified atom stereocenters. The van der Waals surface area contributed by atoms with Gasteiger partial charge in [0.05, 0.1) is 0 Å². The molecule has 0 heterocycles. The van der Waals surface area contributed by atoms with Crippen molar-refractivity contribution in [2.24, 2.45) is 5.92 Å². The summed E-state index contributed by atoms with van der Waals surface area (Å²) in [4.78, 5) is 0. The van der Waals surface area contributed by atoms with Crippen LogP contribution in [0.4, 0.5) is 17.1 Å². The van der Waals surface area contributed by atoms with Gasteiger partial charge < -0.3 is 10.6 Å². The smallest absolute Gasteiger partial charge is 0.0385 e. The van der Waals surface area contributed by atoms with Gasteiger partial charge in [-0.2, -0.15) is 0 Å². The summed E-state index contributed by atoms with van der Waals surface area (Å²) in [7, 11) is 0. The average molecular weight is 276 g/mol. The van der Waals surface area contributed by atoms with Crippen LogP contribution in [0.2, 0.25) is 0 Å². The second-order valence-electron chi connectivity index (χ2n) is 5.38. The maximum atomic E-state index is 3.50. The van der Waals surface area contributed by atoms with E-state index in [2.05, 4.69) is 72.2 Å². The maximum absolute atomic E-state index is 3.50. The van der Waals surface area contributed by atoms with Crippen molar-refractivity contribution in [3.05, 3.63) is 78.5 Å². The predicted octanol–water partition coefficient (Wildman–Crippen LogP) is 5.32. The monoisotopic (exact) mass is 276 g/mol. The Morgan fingerprint density at radius 2 is 1.43 bits per heavy atom. The van der Waals surface area contributed by atoms with Crippen molar-refractivity contribution in [1.29, 1.82) is 0 Å². The van der Waals surface area contributed by atoms with E-state index in [1.54, 1.807) is 0 Å². The third-order valence-electron chi connectivity index (χ3n) is 3.67. The van der Waals surface area contributed by atoms with E-state index in [-0.39, 0.29) is 0 Å². The molecule has 2 nitrogen and oxygen atoms in total. The van der Waals surface area contributed by atoms with E-state index >= 15 is 0 Å². The lowest BCUT2D eigenvalue weighted by atomic mass is 9.99. The fourth-order valence-electron chi connectivity index (χ4n) is 2.40. The van der Waals surface area contributed by atoms with E-state index in [0.717, 1.165) is 23.5 Å². The largest absolute Gasteiger partial charge is 0.359 e. The van der Waals surface area contributed by atoms with Gasteiger partial charge in [0.15, 0.2) is 0 Å². The van der Waals surface area contributed by atoms with E-state index in [4.69, 9.17) is 0 Å². The number of hydrogen-bond donors (Lipinski definition) is 2. The Kier molecular flexibility index (Phi) is 4.06. The van der Waals surface area contributed by atoms with Crippen molar-refractivity contribution in [3.63, 3.8) is 0 Å². The molecule has 0 aliphatic heterocycles. The highest BCUT2D eigenvalue weighted by Crippen LogP contribution is 2.24. The molecule has 0 aromatic heterocycles. The lowest BCUT2D eigenvalue weighted by molar-refractivity contribution is 0.691. The van der Waals surface area contributed by atoms with E-state index in [9.17, 15) is 0 Å². The van der Waals surface area contributed by atoms with E-state index in [1.165, 1.54) is 5.70 Å². The molecular formula is C19H20N2. The molecule has 1 aliphatic carbocycles. The third-order valence-corrected chi connectivity index (χ3v) is 3.67. The number of nitrogens with one attached hydrogen (secondary N) is 2. The SMILES string of the molecule is CC1CC=CC=C1Nc1ccc(Nc2ccccc2)cc1. The predicted molar refractivity (Wildman–Crippen MR) is 90.8 cm³/mol. The van der Waals surface area contributed by atoms with Gasteiger partial charge in [0.2, 0.25) is 0 Å². The van der Waals surface area contributed by atoms with Gasteiger partial charge in [-0.25, -0.2) is 0 Å². The molecule has 2 heteroatoms. The van der Waals surface area contributed by atoms with Crippen molar-refractivity contribution < 1.29 is 0 Å². The van der Waals surface area contributed by atoms with E-state index in [1.807, 2.05) is 18.2 Å². The topological polar surface area (TPSA) is 24.1 Å². The molecule has 0 radical (unpaired) electrons. The number of allylic oxidation sites excluding steroid dienone is 4. The highest BCUT2D eigenvalue weighted by atomic mass is 14.9. The van der Waals surface area contributed by atoms with E-state index in [0.29, 0.717) is 5.92 Å². The van der Waals surface area contributed by atoms with Crippen LogP contribution in [0.3, 0.4) is 0 Å². The molecule has 2 aromatic rings. The Morgan fingerprint density at radius 3 is 2.10 bits per heavy atom. The number of hydrogen-bond acceptors (Lipinski definition) is 2. The highest BCUT2D eigenvalue weighted by Gasteiger charge is 2.09. The molecule has 2 aromatic carbocycles. The van der Waals surface area contributed by atoms with E-state index < -0.39 is 0 Å². The minimum atomic E-state index is 0.553. The summed E-state index contributed by atoms with van der Waals surface area (Å²) in [5, 5.41) is 6.89. The molecule has 21 heavy (non-hydrogen) atoms. The van der Waals surface area contributed by atoms with Gasteiger partial charge in [-0.1, -0.05) is 37.3 Å². The average Bonchev–Trinajstić information content (AvgIpc) is 2.52. The minimum absolute atomic E-state index is 0.553. The van der Waals surface area contributed by atoms with Gasteiger partial charge in [-0.15, -0.1) is 0 Å². The minimum Gasteiger partial charge on any atom is -0.359 e. The molecular weight excluding hydrogens is 256 g/mol. The zero-order chi connectivity index (χ0) is 14.5. The summed E-state index contributed by atoms with van der Waals surface area (Å²) in [6.45, 7) is 2.24. The van der Waals surface area contributed by atoms with Crippen LogP contribution in [0.25, 0.3) is 0 Å². The molecule has 106 valence electrons. The first-order valence-corrected chi connectivity index (χ1v) is 7.37. The van der Waals surface area contributed by atoms with Crippen LogP contribution < -0.4 is 10.6 Å². The van der Waals surface area contributed by atoms with Crippen LogP contribution >= 0.6 is 0 Å². The Hall–Kier alpha value is -2.48. The molecule has 0 bridgehead atoms. The molecule has 0 saturated heterocycles. The molecule has 0 fully saturated rings. The molecule has 0 amide bonds. The van der Waals surface area contributed by atoms with Gasteiger partial charge >= 0.3 is 0 Å². The Morgan fingerprint density at radius 1 is 0.810 bits per heavy atom. The first kappa shape index (κ1) is 13.5. The van der Waals surface area contributed by atoms with Crippen molar-refractivity contribution in [3.8, 4) is 0 Å². The number of anilines is 3. The van der Waals surface area contributed by atoms with Gasteiger partial charge in [-0.3, -0.25) is 0 Å². The number of rotatable bonds is 4. The fraction of sp³-hybridized carbons (Fsp3) is 0.158. The maximum Gasteiger partial charge on any atom is 0.0385 e. The molecule has 0 spiro atoms. The Labute approximate surface area is 126 Å². The summed E-state index contributed by atoms with van der Waals surface area (Å²) >= 11 is 0. The standard InChI is InChI=1S/C19H20N2/c1-15-7-5-6-10-19(15)21-18-13-11-17(12-14-18)20-16-8-3-2-4-9-16/h2-6,8-15,20-21H,7H2,1H3. The Balaban J connectivity index is 1.67. The van der Waals surface area contributed by atoms with Crippen LogP contribution in [0.15, 0.2) is 78.5 Å². The lowest BCUT2D eigenvalue weighted by Crippen LogP contribution is -2.10. The third kappa shape index (κ3) is 3.54. The zero-order valence-electron chi connectivity index (χ0n) is 12.2. The number of benzene rings is 2. The summed E-state index contributed by atoms with van der Waals surface area (Å²) in [6, 6.07) is 18.6. The van der Waals surface area contributed by atoms with Crippen LogP contribution in [0, 0.1) is 5.92 Å². The lowest BCUT2D eigenvalue weighted by Gasteiger charge is -2.19.